The lowest BCUT2D eigenvalue weighted by molar-refractivity contribution is -0.184. The van der Waals surface area contributed by atoms with Crippen LogP contribution < -0.4 is 0 Å². The van der Waals surface area contributed by atoms with Gasteiger partial charge in [0.25, 0.3) is 0 Å². The van der Waals surface area contributed by atoms with E-state index >= 15 is 0 Å². The lowest BCUT2D eigenvalue weighted by atomic mass is 9.53. The molecule has 33 heavy (non-hydrogen) atoms. The zero-order chi connectivity index (χ0) is 24.3. The number of carbonyl (C=O) groups excluding carboxylic acids is 1. The molecule has 0 aromatic rings. The molecule has 3 saturated carbocycles. The molecule has 4 rings (SSSR count). The Kier molecular flexibility index (Phi) is 6.70. The van der Waals surface area contributed by atoms with E-state index in [9.17, 15) is 20.1 Å². The summed E-state index contributed by atoms with van der Waals surface area (Å²) in [4.78, 5) is 12.9. The van der Waals surface area contributed by atoms with Gasteiger partial charge in [0.1, 0.15) is 5.78 Å². The highest BCUT2D eigenvalue weighted by Crippen LogP contribution is 2.55. The minimum absolute atomic E-state index is 0.000440. The Labute approximate surface area is 200 Å². The van der Waals surface area contributed by atoms with Crippen molar-refractivity contribution in [2.24, 2.45) is 34.5 Å². The van der Waals surface area contributed by atoms with Crippen LogP contribution in [0.2, 0.25) is 0 Å². The highest BCUT2D eigenvalue weighted by atomic mass is 16.5. The molecule has 3 aliphatic carbocycles. The monoisotopic (exact) mass is 462 g/mol. The zero-order valence-corrected chi connectivity index (χ0v) is 21.5. The van der Waals surface area contributed by atoms with Gasteiger partial charge in [-0.15, -0.1) is 0 Å². The number of rotatable bonds is 2. The topological polar surface area (TPSA) is 87.0 Å². The van der Waals surface area contributed by atoms with Crippen molar-refractivity contribution in [1.82, 2.24) is 0 Å². The first kappa shape index (κ1) is 25.3. The van der Waals surface area contributed by atoms with Crippen LogP contribution in [0.3, 0.4) is 0 Å². The molecule has 1 heterocycles. The van der Waals surface area contributed by atoms with Gasteiger partial charge in [-0.25, -0.2) is 0 Å². The number of fused-ring (bicyclic) bond motifs is 2. The number of allylic oxidation sites excluding steroid dienone is 2. The third kappa shape index (κ3) is 4.37. The van der Waals surface area contributed by atoms with Crippen LogP contribution in [-0.2, 0) is 9.53 Å². The smallest absolute Gasteiger partial charge is 0.140 e. The van der Waals surface area contributed by atoms with Gasteiger partial charge in [-0.05, 0) is 87.4 Å². The van der Waals surface area contributed by atoms with Crippen LogP contribution in [0, 0.1) is 34.5 Å². The summed E-state index contributed by atoms with van der Waals surface area (Å²) in [6.45, 7) is 12.8. The van der Waals surface area contributed by atoms with E-state index in [2.05, 4.69) is 26.8 Å². The second kappa shape index (κ2) is 8.72. The van der Waals surface area contributed by atoms with Gasteiger partial charge in [0.2, 0.25) is 0 Å². The maximum Gasteiger partial charge on any atom is 0.140 e. The minimum Gasteiger partial charge on any atom is -0.393 e. The fourth-order valence-corrected chi connectivity index (χ4v) is 7.81. The summed E-state index contributed by atoms with van der Waals surface area (Å²) in [7, 11) is 0. The summed E-state index contributed by atoms with van der Waals surface area (Å²) in [6.07, 6.45) is 6.80. The van der Waals surface area contributed by atoms with Crippen molar-refractivity contribution in [1.29, 1.82) is 0 Å². The molecule has 1 saturated heterocycles. The quantitative estimate of drug-likeness (QED) is 0.529. The van der Waals surface area contributed by atoms with E-state index < -0.39 is 23.9 Å². The molecule has 0 aromatic carbocycles. The van der Waals surface area contributed by atoms with Crippen molar-refractivity contribution in [2.75, 3.05) is 0 Å². The zero-order valence-electron chi connectivity index (χ0n) is 21.5. The summed E-state index contributed by atoms with van der Waals surface area (Å²) in [6, 6.07) is 0. The number of carbonyl (C=O) groups is 1. The van der Waals surface area contributed by atoms with Crippen LogP contribution in [0.4, 0.5) is 0 Å². The summed E-state index contributed by atoms with van der Waals surface area (Å²) < 4.78 is 6.49. The maximum absolute atomic E-state index is 12.9. The lowest BCUT2D eigenvalue weighted by Crippen LogP contribution is -2.52. The van der Waals surface area contributed by atoms with Crippen molar-refractivity contribution < 1.29 is 24.9 Å². The van der Waals surface area contributed by atoms with Crippen LogP contribution >= 0.6 is 0 Å². The second-order valence-corrected chi connectivity index (χ2v) is 13.1. The fraction of sp³-hybridized carbons (Fsp3) is 0.893. The molecule has 0 bridgehead atoms. The molecule has 0 spiro atoms. The van der Waals surface area contributed by atoms with Gasteiger partial charge in [0, 0.05) is 12.3 Å². The summed E-state index contributed by atoms with van der Waals surface area (Å²) in [5, 5.41) is 32.6. The first-order valence-corrected chi connectivity index (χ1v) is 13.2. The SMILES string of the molecule is CC1C(=O)CC2C(O)CCC(C)(C)C2C1=CCC1C(O)CCC2OC(C)(C)C(O)CCC21C. The van der Waals surface area contributed by atoms with Crippen LogP contribution in [0.5, 0.6) is 0 Å². The van der Waals surface area contributed by atoms with Crippen molar-refractivity contribution in [2.45, 2.75) is 123 Å². The predicted octanol–water partition coefficient (Wildman–Crippen LogP) is 4.42. The second-order valence-electron chi connectivity index (χ2n) is 13.1. The normalized spacial score (nSPS) is 48.6. The van der Waals surface area contributed by atoms with Crippen molar-refractivity contribution >= 4 is 5.78 Å². The van der Waals surface area contributed by atoms with Gasteiger partial charge in [-0.1, -0.05) is 39.3 Å². The van der Waals surface area contributed by atoms with Crippen LogP contribution in [0.15, 0.2) is 11.6 Å². The molecule has 3 N–H and O–H groups in total. The molecule has 0 radical (unpaired) electrons. The Balaban J connectivity index is 1.66. The van der Waals surface area contributed by atoms with E-state index in [0.717, 1.165) is 25.7 Å². The van der Waals surface area contributed by atoms with Crippen molar-refractivity contribution in [3.05, 3.63) is 11.6 Å². The van der Waals surface area contributed by atoms with Gasteiger partial charge in [-0.3, -0.25) is 4.79 Å². The first-order chi connectivity index (χ1) is 15.3. The van der Waals surface area contributed by atoms with E-state index in [-0.39, 0.29) is 46.4 Å². The number of hydrogen-bond acceptors (Lipinski definition) is 5. The standard InChI is InChI=1S/C28H46O5/c1-16-17(25-18(15-22(16)31)20(29)11-13-26(25,2)3)7-8-19-21(30)9-10-24-28(19,6)14-12-23(32)27(4,5)33-24/h7,16,18-21,23-25,29-30,32H,8-15H2,1-6H3. The maximum atomic E-state index is 12.9. The summed E-state index contributed by atoms with van der Waals surface area (Å²) in [5.41, 5.74) is 0.398. The van der Waals surface area contributed by atoms with E-state index in [1.165, 1.54) is 5.57 Å². The fourth-order valence-electron chi connectivity index (χ4n) is 7.81. The van der Waals surface area contributed by atoms with Crippen LogP contribution in [-0.4, -0.2) is 51.1 Å². The molecule has 0 amide bonds. The molecule has 0 aromatic heterocycles. The average Bonchev–Trinajstić information content (AvgIpc) is 2.82. The van der Waals surface area contributed by atoms with Gasteiger partial charge in [0.05, 0.1) is 30.0 Å². The lowest BCUT2D eigenvalue weighted by Gasteiger charge is -2.52. The Morgan fingerprint density at radius 2 is 1.67 bits per heavy atom. The molecule has 4 aliphatic rings. The van der Waals surface area contributed by atoms with E-state index in [1.54, 1.807) is 0 Å². The first-order valence-electron chi connectivity index (χ1n) is 13.2. The summed E-state index contributed by atoms with van der Waals surface area (Å²) in [5.74, 6) is 0.315. The van der Waals surface area contributed by atoms with Gasteiger partial charge >= 0.3 is 0 Å². The Bertz CT molecular complexity index is 785. The van der Waals surface area contributed by atoms with Crippen LogP contribution in [0.1, 0.15) is 92.9 Å². The van der Waals surface area contributed by atoms with Crippen molar-refractivity contribution in [3.63, 3.8) is 0 Å². The minimum atomic E-state index is -0.590. The number of ketones is 1. The third-order valence-corrected chi connectivity index (χ3v) is 10.2. The largest absolute Gasteiger partial charge is 0.393 e. The Morgan fingerprint density at radius 3 is 2.36 bits per heavy atom. The highest BCUT2D eigenvalue weighted by Gasteiger charge is 2.54. The van der Waals surface area contributed by atoms with Gasteiger partial charge in [0.15, 0.2) is 0 Å². The van der Waals surface area contributed by atoms with Crippen LogP contribution in [0.25, 0.3) is 0 Å². The number of aliphatic hydroxyl groups is 3. The summed E-state index contributed by atoms with van der Waals surface area (Å²) >= 11 is 0. The number of ether oxygens (including phenoxy) is 1. The average molecular weight is 463 g/mol. The highest BCUT2D eigenvalue weighted by molar-refractivity contribution is 5.85. The van der Waals surface area contributed by atoms with E-state index in [4.69, 9.17) is 4.74 Å². The molecule has 5 nitrogen and oxygen atoms in total. The third-order valence-electron chi connectivity index (χ3n) is 10.2. The molecule has 5 heteroatoms. The molecule has 9 unspecified atom stereocenters. The molecule has 188 valence electrons. The molecule has 4 fully saturated rings. The number of aliphatic hydroxyl groups excluding tert-OH is 3. The van der Waals surface area contributed by atoms with Gasteiger partial charge in [-0.2, -0.15) is 0 Å². The van der Waals surface area contributed by atoms with E-state index in [1.807, 2.05) is 20.8 Å². The van der Waals surface area contributed by atoms with Gasteiger partial charge < -0.3 is 20.1 Å². The van der Waals surface area contributed by atoms with E-state index in [0.29, 0.717) is 25.7 Å². The Morgan fingerprint density at radius 1 is 0.970 bits per heavy atom. The Hall–Kier alpha value is -0.750. The predicted molar refractivity (Wildman–Crippen MR) is 129 cm³/mol. The molecule has 1 aliphatic heterocycles. The number of Topliss-reactive ketones (excluding diaryl/α,β-unsaturated/α-hetero) is 1. The number of hydrogen-bond donors (Lipinski definition) is 3. The molecular formula is C28H46O5. The molecule has 9 atom stereocenters. The molecular weight excluding hydrogens is 416 g/mol. The van der Waals surface area contributed by atoms with Crippen molar-refractivity contribution in [3.8, 4) is 0 Å².